The first-order chi connectivity index (χ1) is 17.4. The van der Waals surface area contributed by atoms with E-state index in [4.69, 9.17) is 17.2 Å². The molecule has 0 aliphatic carbocycles. The fraction of sp³-hybridized carbons (Fsp3) is 0.231. The van der Waals surface area contributed by atoms with Gasteiger partial charge in [-0.15, -0.1) is 10.2 Å². The Morgan fingerprint density at radius 2 is 1.69 bits per heavy atom. The number of aromatic nitrogens is 2. The lowest BCUT2D eigenvalue weighted by atomic mass is 10.1. The van der Waals surface area contributed by atoms with Crippen LogP contribution in [0.25, 0.3) is 0 Å². The molecule has 3 rings (SSSR count). The normalized spacial score (nSPS) is 11.1. The number of hydrogen-bond acceptors (Lipinski definition) is 8. The zero-order valence-corrected chi connectivity index (χ0v) is 20.8. The Balaban J connectivity index is 1.42. The lowest BCUT2D eigenvalue weighted by Crippen LogP contribution is -2.22. The van der Waals surface area contributed by atoms with E-state index < -0.39 is 0 Å². The van der Waals surface area contributed by atoms with Crippen molar-refractivity contribution in [1.82, 2.24) is 15.5 Å². The molecule has 0 spiro atoms. The molecule has 1 heterocycles. The quantitative estimate of drug-likeness (QED) is 0.187. The van der Waals surface area contributed by atoms with Gasteiger partial charge in [-0.05, 0) is 54.7 Å². The van der Waals surface area contributed by atoms with Gasteiger partial charge in [0.25, 0.3) is 5.91 Å². The molecule has 2 amide bonds. The number of nitrogens with one attached hydrogen (secondary N) is 2. The third-order valence-corrected chi connectivity index (χ3v) is 6.05. The zero-order valence-electron chi connectivity index (χ0n) is 19.9. The van der Waals surface area contributed by atoms with Gasteiger partial charge in [0.15, 0.2) is 0 Å². The van der Waals surface area contributed by atoms with Gasteiger partial charge in [-0.3, -0.25) is 9.59 Å². The Kier molecular flexibility index (Phi) is 10.0. The predicted octanol–water partition coefficient (Wildman–Crippen LogP) is 2.96. The van der Waals surface area contributed by atoms with Crippen LogP contribution in [0.3, 0.4) is 0 Å². The summed E-state index contributed by atoms with van der Waals surface area (Å²) in [6.07, 6.45) is 6.77. The number of amides is 2. The summed E-state index contributed by atoms with van der Waals surface area (Å²) in [5.41, 5.74) is 19.8. The largest absolute Gasteiger partial charge is 0.402 e. The highest BCUT2D eigenvalue weighted by molar-refractivity contribution is 7.15. The van der Waals surface area contributed by atoms with Crippen LogP contribution in [0.15, 0.2) is 78.3 Å². The van der Waals surface area contributed by atoms with E-state index in [1.54, 1.807) is 24.3 Å². The van der Waals surface area contributed by atoms with Crippen LogP contribution in [0.2, 0.25) is 0 Å². The molecule has 0 atom stereocenters. The van der Waals surface area contributed by atoms with Crippen LogP contribution < -0.4 is 27.8 Å². The van der Waals surface area contributed by atoms with E-state index in [-0.39, 0.29) is 24.1 Å². The first kappa shape index (κ1) is 26.4. The van der Waals surface area contributed by atoms with Gasteiger partial charge in [-0.25, -0.2) is 0 Å². The number of carbonyl (C=O) groups is 2. The molecule has 8 N–H and O–H groups in total. The summed E-state index contributed by atoms with van der Waals surface area (Å²) in [5.74, 6) is -0.0885. The molecule has 0 aliphatic rings. The minimum Gasteiger partial charge on any atom is -0.402 e. The highest BCUT2D eigenvalue weighted by Crippen LogP contribution is 2.18. The molecule has 188 valence electrons. The Morgan fingerprint density at radius 3 is 2.47 bits per heavy atom. The smallest absolute Gasteiger partial charge is 0.251 e. The molecular weight excluding hydrogens is 474 g/mol. The van der Waals surface area contributed by atoms with Crippen LogP contribution in [0.5, 0.6) is 0 Å². The second-order valence-corrected chi connectivity index (χ2v) is 9.27. The van der Waals surface area contributed by atoms with E-state index in [9.17, 15) is 9.59 Å². The Morgan fingerprint density at radius 1 is 0.917 bits per heavy atom. The third kappa shape index (κ3) is 9.22. The first-order valence-electron chi connectivity index (χ1n) is 11.6. The summed E-state index contributed by atoms with van der Waals surface area (Å²) in [5, 5.41) is 15.3. The number of rotatable bonds is 12. The van der Waals surface area contributed by atoms with Crippen LogP contribution in [0.4, 0.5) is 5.13 Å². The van der Waals surface area contributed by atoms with Crippen molar-refractivity contribution in [2.75, 3.05) is 5.32 Å². The maximum absolute atomic E-state index is 12.5. The van der Waals surface area contributed by atoms with Crippen molar-refractivity contribution in [1.29, 1.82) is 0 Å². The molecule has 0 bridgehead atoms. The van der Waals surface area contributed by atoms with Crippen molar-refractivity contribution >= 4 is 28.3 Å². The van der Waals surface area contributed by atoms with E-state index in [1.807, 2.05) is 42.5 Å². The molecule has 3 aromatic rings. The van der Waals surface area contributed by atoms with E-state index in [0.717, 1.165) is 47.5 Å². The van der Waals surface area contributed by atoms with E-state index in [1.165, 1.54) is 11.3 Å². The van der Waals surface area contributed by atoms with Gasteiger partial charge in [0.05, 0.1) is 12.2 Å². The second-order valence-electron chi connectivity index (χ2n) is 8.21. The third-order valence-electron chi connectivity index (χ3n) is 5.15. The van der Waals surface area contributed by atoms with Gasteiger partial charge in [0, 0.05) is 24.2 Å². The fourth-order valence-corrected chi connectivity index (χ4v) is 4.17. The predicted molar refractivity (Wildman–Crippen MR) is 143 cm³/mol. The van der Waals surface area contributed by atoms with Crippen molar-refractivity contribution in [2.45, 2.75) is 38.6 Å². The maximum atomic E-state index is 12.5. The minimum absolute atomic E-state index is 0.139. The van der Waals surface area contributed by atoms with Gasteiger partial charge in [0.2, 0.25) is 11.0 Å². The Labute approximate surface area is 214 Å². The molecule has 0 radical (unpaired) electrons. The Bertz CT molecular complexity index is 1220. The summed E-state index contributed by atoms with van der Waals surface area (Å²) >= 11 is 1.37. The standard InChI is InChI=1S/C26H31N7O2S/c27-21(13-14-22(28)29)11-4-5-12-24-32-33-26(36-24)31-23(34)16-18-7-6-8-19(15-18)17-30-25(35)20-9-2-1-3-10-20/h1-3,6-10,13-15H,4-5,11-12,16-17,27-29H2,(H,30,35)(H,31,33,34)/b21-13-. The molecule has 0 saturated heterocycles. The van der Waals surface area contributed by atoms with E-state index >= 15 is 0 Å². The topological polar surface area (TPSA) is 162 Å². The van der Waals surface area contributed by atoms with Crippen LogP contribution in [0, 0.1) is 0 Å². The van der Waals surface area contributed by atoms with Crippen LogP contribution in [-0.2, 0) is 24.2 Å². The van der Waals surface area contributed by atoms with Crippen LogP contribution in [0.1, 0.15) is 45.8 Å². The van der Waals surface area contributed by atoms with Crippen molar-refractivity contribution < 1.29 is 9.59 Å². The van der Waals surface area contributed by atoms with Crippen molar-refractivity contribution in [3.8, 4) is 0 Å². The summed E-state index contributed by atoms with van der Waals surface area (Å²) in [7, 11) is 0. The number of allylic oxidation sites excluding steroid dienone is 3. The summed E-state index contributed by atoms with van der Waals surface area (Å²) in [4.78, 5) is 24.8. The van der Waals surface area contributed by atoms with E-state index in [2.05, 4.69) is 20.8 Å². The monoisotopic (exact) mass is 505 g/mol. The lowest BCUT2D eigenvalue weighted by Gasteiger charge is -2.07. The molecule has 0 fully saturated rings. The number of hydrogen-bond donors (Lipinski definition) is 5. The van der Waals surface area contributed by atoms with Gasteiger partial charge in [-0.2, -0.15) is 0 Å². The molecule has 9 nitrogen and oxygen atoms in total. The summed E-state index contributed by atoms with van der Waals surface area (Å²) in [6, 6.07) is 16.6. The summed E-state index contributed by atoms with van der Waals surface area (Å²) < 4.78 is 0. The average molecular weight is 506 g/mol. The highest BCUT2D eigenvalue weighted by Gasteiger charge is 2.10. The summed E-state index contributed by atoms with van der Waals surface area (Å²) in [6.45, 7) is 0.377. The van der Waals surface area contributed by atoms with E-state index in [0.29, 0.717) is 17.2 Å². The molecular formula is C26H31N7O2S. The number of benzene rings is 2. The highest BCUT2D eigenvalue weighted by atomic mass is 32.1. The molecule has 0 saturated carbocycles. The average Bonchev–Trinajstić information content (AvgIpc) is 3.31. The fourth-order valence-electron chi connectivity index (χ4n) is 3.37. The van der Waals surface area contributed by atoms with Crippen molar-refractivity contribution in [2.24, 2.45) is 17.2 Å². The number of anilines is 1. The Hall–Kier alpha value is -4.18. The van der Waals surface area contributed by atoms with Gasteiger partial charge in [0.1, 0.15) is 5.01 Å². The first-order valence-corrected chi connectivity index (χ1v) is 12.4. The van der Waals surface area contributed by atoms with Gasteiger partial charge >= 0.3 is 0 Å². The molecule has 36 heavy (non-hydrogen) atoms. The molecule has 10 heteroatoms. The number of aryl methyl sites for hydroxylation is 1. The van der Waals surface area contributed by atoms with Gasteiger partial charge in [-0.1, -0.05) is 53.8 Å². The SMILES string of the molecule is NC(N)=C/C=C(\N)CCCCc1nnc(NC(=O)Cc2cccc(CNC(=O)c3ccccc3)c2)s1. The second kappa shape index (κ2) is 13.6. The number of nitrogens with two attached hydrogens (primary N) is 3. The van der Waals surface area contributed by atoms with Crippen LogP contribution >= 0.6 is 11.3 Å². The van der Waals surface area contributed by atoms with Crippen LogP contribution in [-0.4, -0.2) is 22.0 Å². The molecule has 1 aromatic heterocycles. The number of carbonyl (C=O) groups excluding carboxylic acids is 2. The van der Waals surface area contributed by atoms with Crippen molar-refractivity contribution in [3.63, 3.8) is 0 Å². The molecule has 2 aromatic carbocycles. The maximum Gasteiger partial charge on any atom is 0.251 e. The minimum atomic E-state index is -0.173. The van der Waals surface area contributed by atoms with Crippen molar-refractivity contribution in [3.05, 3.63) is 100.0 Å². The molecule has 0 aliphatic heterocycles. The number of nitrogens with zero attached hydrogens (tertiary/aromatic N) is 2. The lowest BCUT2D eigenvalue weighted by molar-refractivity contribution is -0.115. The number of unbranched alkanes of at least 4 members (excludes halogenated alkanes) is 1. The molecule has 0 unspecified atom stereocenters. The van der Waals surface area contributed by atoms with Gasteiger partial charge < -0.3 is 27.8 Å². The zero-order chi connectivity index (χ0) is 25.8.